The van der Waals surface area contributed by atoms with Crippen LogP contribution in [-0.2, 0) is 6.54 Å². The first-order valence-electron chi connectivity index (χ1n) is 6.59. The lowest BCUT2D eigenvalue weighted by molar-refractivity contribution is 0.0924. The highest BCUT2D eigenvalue weighted by Crippen LogP contribution is 2.20. The molecule has 0 saturated carbocycles. The molecule has 0 aliphatic carbocycles. The van der Waals surface area contributed by atoms with Crippen LogP contribution >= 0.6 is 11.6 Å². The van der Waals surface area contributed by atoms with Crippen molar-refractivity contribution in [3.8, 4) is 0 Å². The van der Waals surface area contributed by atoms with E-state index in [2.05, 4.69) is 10.4 Å². The number of furan rings is 1. The lowest BCUT2D eigenvalue weighted by Crippen LogP contribution is -2.23. The molecule has 6 heteroatoms. The maximum atomic E-state index is 11.7. The van der Waals surface area contributed by atoms with Crippen LogP contribution in [-0.4, -0.2) is 22.2 Å². The first-order chi connectivity index (χ1) is 9.52. The highest BCUT2D eigenvalue weighted by molar-refractivity contribution is 6.31. The Morgan fingerprint density at radius 3 is 2.80 bits per heavy atom. The Hall–Kier alpha value is -1.75. The van der Waals surface area contributed by atoms with E-state index >= 15 is 0 Å². The van der Waals surface area contributed by atoms with Crippen LogP contribution in [0.5, 0.6) is 0 Å². The third-order valence-corrected chi connectivity index (χ3v) is 3.57. The van der Waals surface area contributed by atoms with E-state index in [9.17, 15) is 4.79 Å². The minimum Gasteiger partial charge on any atom is -0.454 e. The predicted octanol–water partition coefficient (Wildman–Crippen LogP) is 2.93. The Labute approximate surface area is 122 Å². The third-order valence-electron chi connectivity index (χ3n) is 3.02. The van der Waals surface area contributed by atoms with Gasteiger partial charge >= 0.3 is 0 Å². The van der Waals surface area contributed by atoms with Crippen molar-refractivity contribution in [1.29, 1.82) is 0 Å². The molecule has 0 bridgehead atoms. The number of hydrogen-bond acceptors (Lipinski definition) is 3. The summed E-state index contributed by atoms with van der Waals surface area (Å²) in [7, 11) is 0. The van der Waals surface area contributed by atoms with E-state index in [0.717, 1.165) is 17.8 Å². The maximum absolute atomic E-state index is 11.7. The summed E-state index contributed by atoms with van der Waals surface area (Å²) < 4.78 is 7.30. The topological polar surface area (TPSA) is 60.1 Å². The van der Waals surface area contributed by atoms with Gasteiger partial charge < -0.3 is 9.73 Å². The average Bonchev–Trinajstić information content (AvgIpc) is 2.98. The lowest BCUT2D eigenvalue weighted by Gasteiger charge is -2.02. The molecule has 0 aliphatic rings. The van der Waals surface area contributed by atoms with Crippen LogP contribution in [0.1, 0.15) is 41.0 Å². The molecule has 0 saturated heterocycles. The highest BCUT2D eigenvalue weighted by atomic mass is 35.5. The molecule has 0 aliphatic heterocycles. The van der Waals surface area contributed by atoms with Crippen LogP contribution in [0, 0.1) is 13.8 Å². The summed E-state index contributed by atoms with van der Waals surface area (Å²) in [5.74, 6) is 0.805. The quantitative estimate of drug-likeness (QED) is 0.922. The summed E-state index contributed by atoms with van der Waals surface area (Å²) in [5, 5.41) is 7.77. The van der Waals surface area contributed by atoms with Gasteiger partial charge in [-0.05, 0) is 32.4 Å². The fourth-order valence-electron chi connectivity index (χ4n) is 1.89. The van der Waals surface area contributed by atoms with E-state index in [4.69, 9.17) is 16.0 Å². The molecule has 0 fully saturated rings. The zero-order valence-electron chi connectivity index (χ0n) is 11.9. The van der Waals surface area contributed by atoms with E-state index in [0.29, 0.717) is 29.6 Å². The molecule has 5 nitrogen and oxygen atoms in total. The largest absolute Gasteiger partial charge is 0.454 e. The minimum atomic E-state index is -0.190. The van der Waals surface area contributed by atoms with Crippen LogP contribution in [0.3, 0.4) is 0 Å². The summed E-state index contributed by atoms with van der Waals surface area (Å²) >= 11 is 6.10. The van der Waals surface area contributed by atoms with Gasteiger partial charge in [0, 0.05) is 6.54 Å². The van der Waals surface area contributed by atoms with Crippen LogP contribution in [0.4, 0.5) is 0 Å². The molecule has 2 aromatic rings. The number of carbonyl (C=O) groups excluding carboxylic acids is 1. The number of aryl methyl sites for hydroxylation is 1. The van der Waals surface area contributed by atoms with Crippen molar-refractivity contribution in [3.63, 3.8) is 0 Å². The van der Waals surface area contributed by atoms with Gasteiger partial charge in [0.25, 0.3) is 5.91 Å². The number of amides is 1. The van der Waals surface area contributed by atoms with Gasteiger partial charge in [-0.2, -0.15) is 5.10 Å². The van der Waals surface area contributed by atoms with Gasteiger partial charge in [0.15, 0.2) is 5.76 Å². The predicted molar refractivity (Wildman–Crippen MR) is 77.1 cm³/mol. The number of rotatable bonds is 5. The minimum absolute atomic E-state index is 0.190. The third kappa shape index (κ3) is 3.04. The molecular formula is C14H18ClN3O2. The number of halogens is 1. The van der Waals surface area contributed by atoms with Crippen molar-refractivity contribution < 1.29 is 9.21 Å². The summed E-state index contributed by atoms with van der Waals surface area (Å²) in [6, 6.07) is 3.46. The number of nitrogens with zero attached hydrogens (tertiary/aromatic N) is 2. The summed E-state index contributed by atoms with van der Waals surface area (Å²) in [5.41, 5.74) is 1.68. The number of carbonyl (C=O) groups is 1. The molecule has 2 aromatic heterocycles. The first-order valence-corrected chi connectivity index (χ1v) is 6.97. The second kappa shape index (κ2) is 6.13. The molecule has 1 amide bonds. The van der Waals surface area contributed by atoms with E-state index in [-0.39, 0.29) is 5.91 Å². The Kier molecular flexibility index (Phi) is 4.49. The van der Waals surface area contributed by atoms with E-state index in [1.54, 1.807) is 16.8 Å². The van der Waals surface area contributed by atoms with Crippen LogP contribution in [0.25, 0.3) is 0 Å². The van der Waals surface area contributed by atoms with E-state index < -0.39 is 0 Å². The first kappa shape index (κ1) is 14.7. The molecular weight excluding hydrogens is 278 g/mol. The fourth-order valence-corrected chi connectivity index (χ4v) is 2.02. The Balaban J connectivity index is 2.09. The van der Waals surface area contributed by atoms with Crippen molar-refractivity contribution in [2.24, 2.45) is 0 Å². The van der Waals surface area contributed by atoms with Gasteiger partial charge in [0.2, 0.25) is 0 Å². The Morgan fingerprint density at radius 1 is 1.45 bits per heavy atom. The Morgan fingerprint density at radius 2 is 2.20 bits per heavy atom. The standard InChI is InChI=1S/C14H18ClN3O2/c1-4-7-16-14(19)12-6-5-11(20-12)8-18-10(3)13(15)9(2)17-18/h5-6H,4,7-8H2,1-3H3,(H,16,19). The molecule has 2 rings (SSSR count). The SMILES string of the molecule is CCCNC(=O)c1ccc(Cn2nc(C)c(Cl)c2C)o1. The normalized spacial score (nSPS) is 10.8. The van der Waals surface area contributed by atoms with Crippen molar-refractivity contribution in [2.45, 2.75) is 33.7 Å². The molecule has 0 aromatic carbocycles. The van der Waals surface area contributed by atoms with E-state index in [1.165, 1.54) is 0 Å². The molecule has 0 atom stereocenters. The fraction of sp³-hybridized carbons (Fsp3) is 0.429. The highest BCUT2D eigenvalue weighted by Gasteiger charge is 2.13. The van der Waals surface area contributed by atoms with Gasteiger partial charge in [0.05, 0.1) is 23.0 Å². The van der Waals surface area contributed by atoms with Gasteiger partial charge in [0.1, 0.15) is 5.76 Å². The van der Waals surface area contributed by atoms with E-state index in [1.807, 2.05) is 20.8 Å². The van der Waals surface area contributed by atoms with Crippen molar-refractivity contribution in [3.05, 3.63) is 40.1 Å². The lowest BCUT2D eigenvalue weighted by atomic mass is 10.3. The zero-order chi connectivity index (χ0) is 14.7. The monoisotopic (exact) mass is 295 g/mol. The van der Waals surface area contributed by atoms with Gasteiger partial charge in [-0.15, -0.1) is 0 Å². The average molecular weight is 296 g/mol. The van der Waals surface area contributed by atoms with Gasteiger partial charge in [-0.3, -0.25) is 9.48 Å². The van der Waals surface area contributed by atoms with Crippen molar-refractivity contribution in [1.82, 2.24) is 15.1 Å². The zero-order valence-corrected chi connectivity index (χ0v) is 12.6. The smallest absolute Gasteiger partial charge is 0.286 e. The van der Waals surface area contributed by atoms with Crippen molar-refractivity contribution in [2.75, 3.05) is 6.54 Å². The number of aromatic nitrogens is 2. The van der Waals surface area contributed by atoms with Crippen LogP contribution in [0.15, 0.2) is 16.5 Å². The molecule has 108 valence electrons. The molecule has 1 N–H and O–H groups in total. The summed E-state index contributed by atoms with van der Waals surface area (Å²) in [6.07, 6.45) is 0.892. The molecule has 0 spiro atoms. The number of nitrogens with one attached hydrogen (secondary N) is 1. The molecule has 2 heterocycles. The Bertz CT molecular complexity index is 616. The van der Waals surface area contributed by atoms with Gasteiger partial charge in [-0.1, -0.05) is 18.5 Å². The molecule has 20 heavy (non-hydrogen) atoms. The molecule has 0 radical (unpaired) electrons. The van der Waals surface area contributed by atoms with Crippen LogP contribution in [0.2, 0.25) is 5.02 Å². The summed E-state index contributed by atoms with van der Waals surface area (Å²) in [4.78, 5) is 11.7. The second-order valence-corrected chi connectivity index (χ2v) is 5.04. The van der Waals surface area contributed by atoms with Crippen LogP contribution < -0.4 is 5.32 Å². The maximum Gasteiger partial charge on any atom is 0.286 e. The molecule has 0 unspecified atom stereocenters. The number of hydrogen-bond donors (Lipinski definition) is 1. The summed E-state index contributed by atoms with van der Waals surface area (Å²) in [6.45, 7) is 6.86. The van der Waals surface area contributed by atoms with Gasteiger partial charge in [-0.25, -0.2) is 0 Å². The second-order valence-electron chi connectivity index (χ2n) is 4.66. The van der Waals surface area contributed by atoms with Crippen molar-refractivity contribution >= 4 is 17.5 Å².